The van der Waals surface area contributed by atoms with Crippen molar-refractivity contribution in [3.63, 3.8) is 0 Å². The molecule has 3 heteroatoms. The van der Waals surface area contributed by atoms with Gasteiger partial charge in [0, 0.05) is 19.2 Å². The summed E-state index contributed by atoms with van der Waals surface area (Å²) in [4.78, 5) is 0. The summed E-state index contributed by atoms with van der Waals surface area (Å²) in [5.41, 5.74) is 1.30. The zero-order valence-electron chi connectivity index (χ0n) is 12.6. The zero-order valence-corrected chi connectivity index (χ0v) is 12.6. The van der Waals surface area contributed by atoms with Crippen LogP contribution in [0.1, 0.15) is 38.8 Å². The highest BCUT2D eigenvalue weighted by Gasteiger charge is 2.08. The first kappa shape index (κ1) is 16.0. The van der Waals surface area contributed by atoms with Crippen molar-refractivity contribution in [3.8, 4) is 5.75 Å². The molecule has 0 aliphatic rings. The van der Waals surface area contributed by atoms with E-state index < -0.39 is 0 Å². The maximum Gasteiger partial charge on any atom is 0.118 e. The predicted molar refractivity (Wildman–Crippen MR) is 79.7 cm³/mol. The van der Waals surface area contributed by atoms with Crippen molar-refractivity contribution in [2.75, 3.05) is 26.9 Å². The molecule has 108 valence electrons. The number of methoxy groups -OCH3 is 1. The molecule has 1 aromatic rings. The fraction of sp³-hybridized carbons (Fsp3) is 0.625. The predicted octanol–water partition coefficient (Wildman–Crippen LogP) is 3.41. The standard InChI is InChI=1S/C16H27NO2/c1-5-16(17-10-11-19-12-13(2)3)14-6-8-15(18-4)9-7-14/h6-9,13,16-17H,5,10-12H2,1-4H3. The van der Waals surface area contributed by atoms with Crippen molar-refractivity contribution in [3.05, 3.63) is 29.8 Å². The molecule has 1 unspecified atom stereocenters. The molecule has 0 radical (unpaired) electrons. The normalized spacial score (nSPS) is 12.7. The molecule has 0 aliphatic carbocycles. The van der Waals surface area contributed by atoms with Crippen LogP contribution in [0.4, 0.5) is 0 Å². The lowest BCUT2D eigenvalue weighted by Crippen LogP contribution is -2.25. The van der Waals surface area contributed by atoms with Crippen molar-refractivity contribution < 1.29 is 9.47 Å². The maximum absolute atomic E-state index is 5.58. The lowest BCUT2D eigenvalue weighted by Gasteiger charge is -2.18. The Hall–Kier alpha value is -1.06. The fourth-order valence-electron chi connectivity index (χ4n) is 1.96. The first-order valence-electron chi connectivity index (χ1n) is 7.12. The third kappa shape index (κ3) is 6.08. The third-order valence-electron chi connectivity index (χ3n) is 3.01. The van der Waals surface area contributed by atoms with Crippen molar-refractivity contribution in [1.82, 2.24) is 5.32 Å². The Morgan fingerprint density at radius 3 is 2.37 bits per heavy atom. The van der Waals surface area contributed by atoms with Gasteiger partial charge in [-0.3, -0.25) is 0 Å². The highest BCUT2D eigenvalue weighted by molar-refractivity contribution is 5.29. The SMILES string of the molecule is CCC(NCCOCC(C)C)c1ccc(OC)cc1. The van der Waals surface area contributed by atoms with Crippen LogP contribution in [0.5, 0.6) is 5.75 Å². The van der Waals surface area contributed by atoms with Gasteiger partial charge in [0.2, 0.25) is 0 Å². The van der Waals surface area contributed by atoms with Crippen LogP contribution < -0.4 is 10.1 Å². The minimum Gasteiger partial charge on any atom is -0.497 e. The molecular formula is C16H27NO2. The van der Waals surface area contributed by atoms with E-state index in [1.807, 2.05) is 12.1 Å². The number of hydrogen-bond donors (Lipinski definition) is 1. The molecule has 0 bridgehead atoms. The van der Waals surface area contributed by atoms with Gasteiger partial charge in [0.15, 0.2) is 0 Å². The topological polar surface area (TPSA) is 30.5 Å². The van der Waals surface area contributed by atoms with Gasteiger partial charge >= 0.3 is 0 Å². The fourth-order valence-corrected chi connectivity index (χ4v) is 1.96. The average molecular weight is 265 g/mol. The summed E-state index contributed by atoms with van der Waals surface area (Å²) in [6, 6.07) is 8.64. The van der Waals surface area contributed by atoms with Crippen LogP contribution >= 0.6 is 0 Å². The summed E-state index contributed by atoms with van der Waals surface area (Å²) in [6.45, 7) is 9.01. The van der Waals surface area contributed by atoms with E-state index in [0.29, 0.717) is 12.0 Å². The van der Waals surface area contributed by atoms with Crippen LogP contribution in [-0.4, -0.2) is 26.9 Å². The van der Waals surface area contributed by atoms with E-state index in [2.05, 4.69) is 38.2 Å². The molecule has 0 amide bonds. The van der Waals surface area contributed by atoms with Crippen LogP contribution in [0.3, 0.4) is 0 Å². The average Bonchev–Trinajstić information content (AvgIpc) is 2.43. The van der Waals surface area contributed by atoms with Gasteiger partial charge in [0.25, 0.3) is 0 Å². The van der Waals surface area contributed by atoms with E-state index in [1.54, 1.807) is 7.11 Å². The minimum atomic E-state index is 0.383. The van der Waals surface area contributed by atoms with Gasteiger partial charge in [-0.15, -0.1) is 0 Å². The molecule has 0 saturated carbocycles. The molecule has 0 saturated heterocycles. The van der Waals surface area contributed by atoms with E-state index in [-0.39, 0.29) is 0 Å². The van der Waals surface area contributed by atoms with E-state index in [1.165, 1.54) is 5.56 Å². The molecular weight excluding hydrogens is 238 g/mol. The molecule has 3 nitrogen and oxygen atoms in total. The number of ether oxygens (including phenoxy) is 2. The summed E-state index contributed by atoms with van der Waals surface area (Å²) < 4.78 is 10.8. The van der Waals surface area contributed by atoms with Crippen LogP contribution in [0, 0.1) is 5.92 Å². The van der Waals surface area contributed by atoms with Gasteiger partial charge in [-0.2, -0.15) is 0 Å². The van der Waals surface area contributed by atoms with Gasteiger partial charge in [0.05, 0.1) is 13.7 Å². The molecule has 1 atom stereocenters. The van der Waals surface area contributed by atoms with Gasteiger partial charge in [-0.1, -0.05) is 32.9 Å². The molecule has 0 heterocycles. The molecule has 0 aromatic heterocycles. The summed E-state index contributed by atoms with van der Waals surface area (Å²) in [6.07, 6.45) is 1.07. The van der Waals surface area contributed by atoms with E-state index in [0.717, 1.165) is 31.9 Å². The molecule has 0 spiro atoms. The quantitative estimate of drug-likeness (QED) is 0.694. The Balaban J connectivity index is 2.35. The Morgan fingerprint density at radius 1 is 1.16 bits per heavy atom. The second-order valence-corrected chi connectivity index (χ2v) is 5.16. The van der Waals surface area contributed by atoms with Crippen molar-refractivity contribution >= 4 is 0 Å². The molecule has 0 aliphatic heterocycles. The van der Waals surface area contributed by atoms with Gasteiger partial charge in [-0.25, -0.2) is 0 Å². The van der Waals surface area contributed by atoms with Gasteiger partial charge in [0.1, 0.15) is 5.75 Å². The van der Waals surface area contributed by atoms with Crippen molar-refractivity contribution in [1.29, 1.82) is 0 Å². The Labute approximate surface area is 117 Å². The first-order chi connectivity index (χ1) is 9.17. The van der Waals surface area contributed by atoms with E-state index in [4.69, 9.17) is 9.47 Å². The van der Waals surface area contributed by atoms with Crippen LogP contribution in [0.15, 0.2) is 24.3 Å². The van der Waals surface area contributed by atoms with E-state index in [9.17, 15) is 0 Å². The van der Waals surface area contributed by atoms with Crippen LogP contribution in [0.2, 0.25) is 0 Å². The van der Waals surface area contributed by atoms with Gasteiger partial charge in [-0.05, 0) is 30.0 Å². The number of hydrogen-bond acceptors (Lipinski definition) is 3. The highest BCUT2D eigenvalue weighted by atomic mass is 16.5. The van der Waals surface area contributed by atoms with Crippen LogP contribution in [-0.2, 0) is 4.74 Å². The molecule has 0 fully saturated rings. The van der Waals surface area contributed by atoms with Crippen molar-refractivity contribution in [2.24, 2.45) is 5.92 Å². The van der Waals surface area contributed by atoms with Crippen LogP contribution in [0.25, 0.3) is 0 Å². The van der Waals surface area contributed by atoms with E-state index >= 15 is 0 Å². The number of rotatable bonds is 9. The Kier molecular flexibility index (Phi) is 7.53. The Morgan fingerprint density at radius 2 is 1.84 bits per heavy atom. The summed E-state index contributed by atoms with van der Waals surface area (Å²) in [7, 11) is 1.69. The monoisotopic (exact) mass is 265 g/mol. The summed E-state index contributed by atoms with van der Waals surface area (Å²) in [5, 5.41) is 3.53. The zero-order chi connectivity index (χ0) is 14.1. The Bertz CT molecular complexity index is 335. The highest BCUT2D eigenvalue weighted by Crippen LogP contribution is 2.19. The van der Waals surface area contributed by atoms with Crippen molar-refractivity contribution in [2.45, 2.75) is 33.2 Å². The lowest BCUT2D eigenvalue weighted by atomic mass is 10.0. The van der Waals surface area contributed by atoms with Gasteiger partial charge < -0.3 is 14.8 Å². The number of benzene rings is 1. The lowest BCUT2D eigenvalue weighted by molar-refractivity contribution is 0.110. The summed E-state index contributed by atoms with van der Waals surface area (Å²) >= 11 is 0. The molecule has 19 heavy (non-hydrogen) atoms. The molecule has 1 rings (SSSR count). The number of nitrogens with one attached hydrogen (secondary N) is 1. The molecule has 1 aromatic carbocycles. The smallest absolute Gasteiger partial charge is 0.118 e. The largest absolute Gasteiger partial charge is 0.497 e. The summed E-state index contributed by atoms with van der Waals surface area (Å²) in [5.74, 6) is 1.50. The maximum atomic E-state index is 5.58. The third-order valence-corrected chi connectivity index (χ3v) is 3.01. The first-order valence-corrected chi connectivity index (χ1v) is 7.12. The minimum absolute atomic E-state index is 0.383. The second-order valence-electron chi connectivity index (χ2n) is 5.16. The molecule has 1 N–H and O–H groups in total. The second kappa shape index (κ2) is 8.94.